The second kappa shape index (κ2) is 4.43. The van der Waals surface area contributed by atoms with Crippen LogP contribution in [0.1, 0.15) is 0 Å². The van der Waals surface area contributed by atoms with Gasteiger partial charge >= 0.3 is 0 Å². The van der Waals surface area contributed by atoms with Crippen LogP contribution in [0.15, 0.2) is 17.8 Å². The van der Waals surface area contributed by atoms with Gasteiger partial charge in [0.1, 0.15) is 0 Å². The lowest BCUT2D eigenvalue weighted by molar-refractivity contribution is 0.381. The second-order valence-corrected chi connectivity index (χ2v) is 1.04. The Morgan fingerprint density at radius 2 is 2.50 bits per heavy atom. The van der Waals surface area contributed by atoms with Crippen LogP contribution in [0.3, 0.4) is 0 Å². The Kier molecular flexibility index (Phi) is 4.00. The highest BCUT2D eigenvalue weighted by Crippen LogP contribution is 1.59. The largest absolute Gasteiger partial charge is 0.467 e. The molecule has 0 saturated heterocycles. The smallest absolute Gasteiger partial charge is 0.242 e. The number of allylic oxidation sites excluding steroid dienone is 1. The van der Waals surface area contributed by atoms with Crippen LogP contribution in [0.2, 0.25) is 0 Å². The Morgan fingerprint density at radius 1 is 1.83 bits per heavy atom. The highest BCUT2D eigenvalue weighted by molar-refractivity contribution is 5.98. The normalized spacial score (nSPS) is 9.33. The van der Waals surface area contributed by atoms with Crippen LogP contribution in [0.25, 0.3) is 0 Å². The molecule has 0 aromatic carbocycles. The summed E-state index contributed by atoms with van der Waals surface area (Å²) in [7, 11) is 0.658. The summed E-state index contributed by atoms with van der Waals surface area (Å²) >= 11 is 0. The molecule has 0 aliphatic rings. The first-order valence-electron chi connectivity index (χ1n) is 1.59. The molecule has 0 spiro atoms. The van der Waals surface area contributed by atoms with E-state index in [1.54, 1.807) is 6.08 Å². The van der Waals surface area contributed by atoms with Crippen molar-refractivity contribution in [1.82, 2.24) is 0 Å². The van der Waals surface area contributed by atoms with Crippen molar-refractivity contribution in [3.05, 3.63) is 12.7 Å². The van der Waals surface area contributed by atoms with Gasteiger partial charge in [-0.2, -0.15) is 0 Å². The summed E-state index contributed by atoms with van der Waals surface area (Å²) in [5.41, 5.74) is 0. The third-order valence-electron chi connectivity index (χ3n) is 0.272. The molecule has 0 unspecified atom stereocenters. The Bertz CT molecular complexity index is 61.8. The second-order valence-electron chi connectivity index (χ2n) is 0.673. The zero-order valence-electron chi connectivity index (χ0n) is 3.72. The Labute approximate surface area is 40.0 Å². The maximum absolute atomic E-state index is 4.42. The van der Waals surface area contributed by atoms with Crippen LogP contribution >= 0.6 is 0 Å². The van der Waals surface area contributed by atoms with Crippen molar-refractivity contribution in [2.45, 2.75) is 0 Å². The van der Waals surface area contributed by atoms with Crippen LogP contribution in [0.5, 0.6) is 0 Å². The average molecular weight is 101 g/mol. The molecule has 0 aromatic heterocycles. The van der Waals surface area contributed by atoms with Crippen molar-refractivity contribution in [3.8, 4) is 0 Å². The van der Waals surface area contributed by atoms with Crippen molar-refractivity contribution in [3.63, 3.8) is 0 Å². The molecule has 6 heavy (non-hydrogen) atoms. The fraction of sp³-hybridized carbons (Fsp3) is 0. The first-order valence-corrected chi connectivity index (χ1v) is 2.41. The van der Waals surface area contributed by atoms with Gasteiger partial charge in [0.05, 0.1) is 6.21 Å². The molecule has 0 heterocycles. The van der Waals surface area contributed by atoms with Gasteiger partial charge in [0.25, 0.3) is 0 Å². The summed E-state index contributed by atoms with van der Waals surface area (Å²) in [6.07, 6.45) is 3.07. The predicted molar refractivity (Wildman–Crippen MR) is 29.7 cm³/mol. The van der Waals surface area contributed by atoms with E-state index in [1.165, 1.54) is 6.21 Å². The summed E-state index contributed by atoms with van der Waals surface area (Å²) in [5.74, 6) is 0. The zero-order chi connectivity index (χ0) is 4.83. The number of hydrogen-bond donors (Lipinski definition) is 0. The Balaban J connectivity index is 2.94. The predicted octanol–water partition coefficient (Wildman–Crippen LogP) is -0.545. The van der Waals surface area contributed by atoms with Gasteiger partial charge in [0.2, 0.25) is 10.5 Å². The maximum Gasteiger partial charge on any atom is 0.242 e. The molecular formula is C3H7NOSi. The van der Waals surface area contributed by atoms with Crippen LogP contribution < -0.4 is 0 Å². The monoisotopic (exact) mass is 101 g/mol. The quantitative estimate of drug-likeness (QED) is 0.260. The molecular weight excluding hydrogens is 94.1 g/mol. The summed E-state index contributed by atoms with van der Waals surface area (Å²) in [6, 6.07) is 0. The van der Waals surface area contributed by atoms with E-state index in [2.05, 4.69) is 16.3 Å². The summed E-state index contributed by atoms with van der Waals surface area (Å²) in [4.78, 5) is 0. The molecule has 34 valence electrons. The first kappa shape index (κ1) is 5.43. The fourth-order valence-corrected chi connectivity index (χ4v) is 0.226. The van der Waals surface area contributed by atoms with E-state index in [0.717, 1.165) is 0 Å². The minimum atomic E-state index is 0.658. The van der Waals surface area contributed by atoms with Gasteiger partial charge in [-0.25, -0.2) is 0 Å². The van der Waals surface area contributed by atoms with E-state index in [0.29, 0.717) is 10.5 Å². The van der Waals surface area contributed by atoms with Crippen molar-refractivity contribution in [1.29, 1.82) is 0 Å². The van der Waals surface area contributed by atoms with Gasteiger partial charge in [-0.05, 0) is 6.08 Å². The van der Waals surface area contributed by atoms with E-state index < -0.39 is 0 Å². The van der Waals surface area contributed by atoms with E-state index >= 15 is 0 Å². The average Bonchev–Trinajstić information content (AvgIpc) is 1.61. The van der Waals surface area contributed by atoms with E-state index in [4.69, 9.17) is 0 Å². The lowest BCUT2D eigenvalue weighted by Crippen LogP contribution is -1.68. The third kappa shape index (κ3) is 3.43. The molecule has 0 saturated carbocycles. The first-order chi connectivity index (χ1) is 2.91. The van der Waals surface area contributed by atoms with Crippen LogP contribution in [-0.2, 0) is 4.53 Å². The Morgan fingerprint density at radius 3 is 2.67 bits per heavy atom. The summed E-state index contributed by atoms with van der Waals surface area (Å²) in [5, 5.41) is 3.41. The molecule has 0 fully saturated rings. The lowest BCUT2D eigenvalue weighted by atomic mass is 10.7. The molecule has 0 aliphatic carbocycles. The molecule has 0 bridgehead atoms. The highest BCUT2D eigenvalue weighted by Gasteiger charge is 1.51. The molecule has 0 rings (SSSR count). The highest BCUT2D eigenvalue weighted by atomic mass is 28.2. The Hall–Kier alpha value is -0.573. The van der Waals surface area contributed by atoms with Gasteiger partial charge < -0.3 is 4.53 Å². The van der Waals surface area contributed by atoms with Crippen molar-refractivity contribution < 1.29 is 4.53 Å². The van der Waals surface area contributed by atoms with Gasteiger partial charge in [-0.15, -0.1) is 5.16 Å². The van der Waals surface area contributed by atoms with Crippen LogP contribution in [-0.4, -0.2) is 16.7 Å². The molecule has 0 radical (unpaired) electrons. The van der Waals surface area contributed by atoms with Gasteiger partial charge in [0.15, 0.2) is 0 Å². The molecule has 0 atom stereocenters. The van der Waals surface area contributed by atoms with Crippen LogP contribution in [0, 0.1) is 0 Å². The minimum absolute atomic E-state index is 0.658. The molecule has 3 heteroatoms. The molecule has 0 aliphatic heterocycles. The van der Waals surface area contributed by atoms with E-state index in [9.17, 15) is 0 Å². The van der Waals surface area contributed by atoms with Gasteiger partial charge in [-0.1, -0.05) is 6.58 Å². The third-order valence-corrected chi connectivity index (χ3v) is 0.482. The number of nitrogens with zero attached hydrogens (tertiary/aromatic N) is 1. The molecule has 2 nitrogen and oxygen atoms in total. The molecule has 0 aromatic rings. The van der Waals surface area contributed by atoms with E-state index in [-0.39, 0.29) is 0 Å². The molecule has 0 amide bonds. The van der Waals surface area contributed by atoms with E-state index in [1.807, 2.05) is 0 Å². The standard InChI is InChI=1S/C3H7NOSi/c1-2-3-4-5-6/h2-3H,1H2,6H3/b4-3+. The summed E-state index contributed by atoms with van der Waals surface area (Å²) in [6.45, 7) is 3.38. The lowest BCUT2D eigenvalue weighted by Gasteiger charge is -1.78. The van der Waals surface area contributed by atoms with Crippen molar-refractivity contribution >= 4 is 16.7 Å². The SMILES string of the molecule is C=C/C=N/O[SiH3]. The minimum Gasteiger partial charge on any atom is -0.467 e. The summed E-state index contributed by atoms with van der Waals surface area (Å²) < 4.78 is 4.42. The van der Waals surface area contributed by atoms with Crippen LogP contribution in [0.4, 0.5) is 0 Å². The fourth-order valence-electron chi connectivity index (χ4n) is 0.104. The van der Waals surface area contributed by atoms with Gasteiger partial charge in [0, 0.05) is 0 Å². The van der Waals surface area contributed by atoms with Crippen molar-refractivity contribution in [2.75, 3.05) is 0 Å². The molecule has 0 N–H and O–H groups in total. The number of oxime groups is 1. The number of rotatable bonds is 2. The maximum atomic E-state index is 4.42. The zero-order valence-corrected chi connectivity index (χ0v) is 5.72. The number of hydrogen-bond acceptors (Lipinski definition) is 2. The van der Waals surface area contributed by atoms with Crippen molar-refractivity contribution in [2.24, 2.45) is 5.16 Å². The van der Waals surface area contributed by atoms with Gasteiger partial charge in [-0.3, -0.25) is 0 Å². The topological polar surface area (TPSA) is 21.6 Å².